The van der Waals surface area contributed by atoms with E-state index in [0.717, 1.165) is 22.4 Å². The van der Waals surface area contributed by atoms with Gasteiger partial charge in [0, 0.05) is 18.0 Å². The fourth-order valence-electron chi connectivity index (χ4n) is 2.40. The van der Waals surface area contributed by atoms with Crippen molar-refractivity contribution >= 4 is 12.2 Å². The molecule has 0 saturated carbocycles. The number of aliphatic carboxylic acids is 1. The van der Waals surface area contributed by atoms with Crippen LogP contribution in [0.3, 0.4) is 0 Å². The number of nitrogens with one attached hydrogen (secondary N) is 2. The van der Waals surface area contributed by atoms with Crippen molar-refractivity contribution in [2.75, 3.05) is 6.54 Å². The van der Waals surface area contributed by atoms with E-state index in [-0.39, 0.29) is 0 Å². The zero-order chi connectivity index (χ0) is 11.1. The Morgan fingerprint density at radius 3 is 3.25 bits per heavy atom. The Morgan fingerprint density at radius 2 is 2.44 bits per heavy atom. The van der Waals surface area contributed by atoms with E-state index in [2.05, 4.69) is 15.8 Å². The first-order valence-electron chi connectivity index (χ1n) is 5.14. The van der Waals surface area contributed by atoms with Gasteiger partial charge in [-0.1, -0.05) is 0 Å². The van der Waals surface area contributed by atoms with Gasteiger partial charge < -0.3 is 16.0 Å². The van der Waals surface area contributed by atoms with Gasteiger partial charge in [-0.25, -0.2) is 0 Å². The molecule has 3 rings (SSSR count). The van der Waals surface area contributed by atoms with Crippen LogP contribution in [-0.2, 0) is 4.79 Å². The molecule has 0 amide bonds. The second kappa shape index (κ2) is 3.23. The van der Waals surface area contributed by atoms with Gasteiger partial charge in [0.15, 0.2) is 0 Å². The number of nitrogens with zero attached hydrogens (tertiary/aromatic N) is 1. The van der Waals surface area contributed by atoms with Crippen LogP contribution in [0.25, 0.3) is 0 Å². The SMILES string of the molecule is O=C(O)C1CC2=CNNC3=CC=NCC1=C23. The summed E-state index contributed by atoms with van der Waals surface area (Å²) < 4.78 is 0. The van der Waals surface area contributed by atoms with E-state index < -0.39 is 11.9 Å². The molecule has 0 saturated heterocycles. The number of carbonyl (C=O) groups is 1. The second-order valence-corrected chi connectivity index (χ2v) is 4.00. The molecule has 16 heavy (non-hydrogen) atoms. The van der Waals surface area contributed by atoms with Crippen LogP contribution in [0.2, 0.25) is 0 Å². The molecule has 0 radical (unpaired) electrons. The van der Waals surface area contributed by atoms with Crippen LogP contribution in [0.4, 0.5) is 0 Å². The van der Waals surface area contributed by atoms with Crippen LogP contribution in [0, 0.1) is 5.92 Å². The third-order valence-corrected chi connectivity index (χ3v) is 3.12. The summed E-state index contributed by atoms with van der Waals surface area (Å²) in [6, 6.07) is 0. The van der Waals surface area contributed by atoms with Gasteiger partial charge in [-0.2, -0.15) is 0 Å². The van der Waals surface area contributed by atoms with Crippen LogP contribution in [0.5, 0.6) is 0 Å². The number of carboxylic acids is 1. The number of hydrogen-bond donors (Lipinski definition) is 3. The van der Waals surface area contributed by atoms with Gasteiger partial charge in [-0.15, -0.1) is 0 Å². The zero-order valence-corrected chi connectivity index (χ0v) is 8.53. The maximum atomic E-state index is 11.2. The highest BCUT2D eigenvalue weighted by Gasteiger charge is 2.37. The van der Waals surface area contributed by atoms with Gasteiger partial charge in [0.1, 0.15) is 0 Å². The topological polar surface area (TPSA) is 73.7 Å². The number of allylic oxidation sites excluding steroid dienone is 2. The molecule has 82 valence electrons. The molecule has 0 aromatic rings. The van der Waals surface area contributed by atoms with Crippen LogP contribution >= 0.6 is 0 Å². The predicted octanol–water partition coefficient (Wildman–Crippen LogP) is 0.348. The normalized spacial score (nSPS) is 26.1. The minimum absolute atomic E-state index is 0.429. The van der Waals surface area contributed by atoms with Gasteiger partial charge in [-0.05, 0) is 23.6 Å². The van der Waals surface area contributed by atoms with E-state index in [1.165, 1.54) is 0 Å². The Labute approximate surface area is 92.2 Å². The largest absolute Gasteiger partial charge is 0.481 e. The van der Waals surface area contributed by atoms with E-state index in [0.29, 0.717) is 13.0 Å². The molecule has 0 aromatic carbocycles. The van der Waals surface area contributed by atoms with Crippen molar-refractivity contribution in [2.45, 2.75) is 6.42 Å². The first-order chi connectivity index (χ1) is 7.77. The molecule has 1 unspecified atom stereocenters. The van der Waals surface area contributed by atoms with E-state index in [1.54, 1.807) is 6.21 Å². The first-order valence-corrected chi connectivity index (χ1v) is 5.14. The molecule has 1 atom stereocenters. The molecule has 3 aliphatic rings. The van der Waals surface area contributed by atoms with Crippen LogP contribution < -0.4 is 10.9 Å². The third kappa shape index (κ3) is 1.18. The monoisotopic (exact) mass is 217 g/mol. The average Bonchev–Trinajstić information content (AvgIpc) is 2.50. The molecule has 2 heterocycles. The van der Waals surface area contributed by atoms with Crippen LogP contribution in [-0.4, -0.2) is 23.8 Å². The average molecular weight is 217 g/mol. The molecular formula is C11H11N3O2. The van der Waals surface area contributed by atoms with Crippen LogP contribution in [0.1, 0.15) is 6.42 Å². The Hall–Kier alpha value is -2.04. The van der Waals surface area contributed by atoms with E-state index in [4.69, 9.17) is 0 Å². The summed E-state index contributed by atoms with van der Waals surface area (Å²) in [5.41, 5.74) is 9.85. The number of hydrogen-bond acceptors (Lipinski definition) is 4. The van der Waals surface area contributed by atoms with E-state index in [9.17, 15) is 9.90 Å². The summed E-state index contributed by atoms with van der Waals surface area (Å²) >= 11 is 0. The number of aliphatic imine (C=N–C) groups is 1. The molecule has 1 aliphatic carbocycles. The molecule has 0 spiro atoms. The van der Waals surface area contributed by atoms with Crippen molar-refractivity contribution in [3.8, 4) is 0 Å². The van der Waals surface area contributed by atoms with Crippen molar-refractivity contribution in [1.29, 1.82) is 0 Å². The minimum atomic E-state index is -0.769. The summed E-state index contributed by atoms with van der Waals surface area (Å²) in [5, 5.41) is 9.19. The predicted molar refractivity (Wildman–Crippen MR) is 58.6 cm³/mol. The Bertz CT molecular complexity index is 485. The van der Waals surface area contributed by atoms with Gasteiger partial charge in [0.05, 0.1) is 18.2 Å². The second-order valence-electron chi connectivity index (χ2n) is 4.00. The molecule has 0 aromatic heterocycles. The van der Waals surface area contributed by atoms with Crippen molar-refractivity contribution in [3.63, 3.8) is 0 Å². The lowest BCUT2D eigenvalue weighted by Gasteiger charge is -2.19. The fraction of sp³-hybridized carbons (Fsp3) is 0.273. The summed E-state index contributed by atoms with van der Waals surface area (Å²) in [4.78, 5) is 15.4. The number of carboxylic acid groups (broad SMARTS) is 1. The summed E-state index contributed by atoms with van der Waals surface area (Å²) in [7, 11) is 0. The Balaban J connectivity index is 2.16. The van der Waals surface area contributed by atoms with Crippen molar-refractivity contribution in [1.82, 2.24) is 10.9 Å². The summed E-state index contributed by atoms with van der Waals surface area (Å²) in [5.74, 6) is -1.20. The smallest absolute Gasteiger partial charge is 0.311 e. The van der Waals surface area contributed by atoms with Crippen molar-refractivity contribution < 1.29 is 9.90 Å². The standard InChI is InChI=1S/C11H11N3O2/c15-11(16)7-3-6-4-13-14-9-1-2-12-5-8(7)10(6)9/h1-2,4,7,13-14H,3,5H2,(H,15,16). The number of rotatable bonds is 1. The number of hydrazine groups is 1. The quantitative estimate of drug-likeness (QED) is 0.592. The van der Waals surface area contributed by atoms with E-state index >= 15 is 0 Å². The van der Waals surface area contributed by atoms with Crippen molar-refractivity contribution in [3.05, 3.63) is 34.7 Å². The Morgan fingerprint density at radius 1 is 1.56 bits per heavy atom. The van der Waals surface area contributed by atoms with Gasteiger partial charge in [0.2, 0.25) is 0 Å². The molecule has 2 aliphatic heterocycles. The first kappa shape index (κ1) is 9.21. The lowest BCUT2D eigenvalue weighted by atomic mass is 10.0. The fourth-order valence-corrected chi connectivity index (χ4v) is 2.40. The molecule has 0 fully saturated rings. The zero-order valence-electron chi connectivity index (χ0n) is 8.53. The van der Waals surface area contributed by atoms with Crippen molar-refractivity contribution in [2.24, 2.45) is 10.9 Å². The molecule has 3 N–H and O–H groups in total. The highest BCUT2D eigenvalue weighted by Crippen LogP contribution is 2.41. The summed E-state index contributed by atoms with van der Waals surface area (Å²) in [6.07, 6.45) is 5.97. The van der Waals surface area contributed by atoms with E-state index in [1.807, 2.05) is 12.3 Å². The Kier molecular flexibility index (Phi) is 1.86. The lowest BCUT2D eigenvalue weighted by molar-refractivity contribution is -0.140. The minimum Gasteiger partial charge on any atom is -0.481 e. The van der Waals surface area contributed by atoms with Gasteiger partial charge >= 0.3 is 5.97 Å². The van der Waals surface area contributed by atoms with Gasteiger partial charge in [-0.3, -0.25) is 9.79 Å². The summed E-state index contributed by atoms with van der Waals surface area (Å²) in [6.45, 7) is 0.477. The molecule has 0 bridgehead atoms. The van der Waals surface area contributed by atoms with Crippen LogP contribution in [0.15, 0.2) is 39.7 Å². The maximum absolute atomic E-state index is 11.2. The highest BCUT2D eigenvalue weighted by molar-refractivity contribution is 5.82. The molecule has 5 nitrogen and oxygen atoms in total. The maximum Gasteiger partial charge on any atom is 0.311 e. The molecular weight excluding hydrogens is 206 g/mol. The molecule has 5 heteroatoms. The highest BCUT2D eigenvalue weighted by atomic mass is 16.4. The lowest BCUT2D eigenvalue weighted by Crippen LogP contribution is -2.31. The third-order valence-electron chi connectivity index (χ3n) is 3.12. The van der Waals surface area contributed by atoms with Gasteiger partial charge in [0.25, 0.3) is 0 Å².